The van der Waals surface area contributed by atoms with Crippen molar-refractivity contribution in [2.24, 2.45) is 0 Å². The van der Waals surface area contributed by atoms with Crippen LogP contribution in [0.3, 0.4) is 0 Å². The Morgan fingerprint density at radius 1 is 1.27 bits per heavy atom. The van der Waals surface area contributed by atoms with Crippen molar-refractivity contribution in [3.8, 4) is 5.75 Å². The molecule has 2 amide bonds. The highest BCUT2D eigenvalue weighted by Gasteiger charge is 2.44. The first kappa shape index (κ1) is 18.7. The normalized spacial score (nSPS) is 24.0. The second-order valence-corrected chi connectivity index (χ2v) is 7.55. The predicted molar refractivity (Wildman–Crippen MR) is 100 cm³/mol. The molecule has 1 unspecified atom stereocenters. The molecule has 1 aromatic carbocycles. The molecule has 2 fully saturated rings. The maximum Gasteiger partial charge on any atom is 0.257 e. The highest BCUT2D eigenvalue weighted by atomic mass is 16.5. The molecule has 6 nitrogen and oxygen atoms in total. The van der Waals surface area contributed by atoms with Gasteiger partial charge in [-0.05, 0) is 39.3 Å². The van der Waals surface area contributed by atoms with Crippen LogP contribution in [-0.2, 0) is 4.79 Å². The van der Waals surface area contributed by atoms with Crippen LogP contribution in [0.5, 0.6) is 5.75 Å². The quantitative estimate of drug-likeness (QED) is 0.892. The molecule has 142 valence electrons. The van der Waals surface area contributed by atoms with Gasteiger partial charge in [0.15, 0.2) is 0 Å². The first-order chi connectivity index (χ1) is 12.4. The highest BCUT2D eigenvalue weighted by Crippen LogP contribution is 2.29. The Balaban J connectivity index is 1.78. The van der Waals surface area contributed by atoms with Gasteiger partial charge < -0.3 is 15.0 Å². The number of ether oxygens (including phenoxy) is 1. The minimum Gasteiger partial charge on any atom is -0.493 e. The lowest BCUT2D eigenvalue weighted by molar-refractivity contribution is -0.122. The van der Waals surface area contributed by atoms with Crippen LogP contribution in [0.15, 0.2) is 24.3 Å². The smallest absolute Gasteiger partial charge is 0.257 e. The molecular formula is C20H29N3O3. The minimum atomic E-state index is -0.353. The number of nitrogens with one attached hydrogen (secondary N) is 1. The van der Waals surface area contributed by atoms with E-state index in [9.17, 15) is 9.59 Å². The van der Waals surface area contributed by atoms with Crippen molar-refractivity contribution in [1.82, 2.24) is 15.1 Å². The predicted octanol–water partition coefficient (Wildman–Crippen LogP) is 1.90. The first-order valence-corrected chi connectivity index (χ1v) is 9.50. The second-order valence-electron chi connectivity index (χ2n) is 7.55. The summed E-state index contributed by atoms with van der Waals surface area (Å²) in [7, 11) is 0. The number of likely N-dealkylation sites (tertiary alicyclic amines) is 1. The zero-order valence-corrected chi connectivity index (χ0v) is 16.0. The Kier molecular flexibility index (Phi) is 5.51. The fourth-order valence-electron chi connectivity index (χ4n) is 3.92. The van der Waals surface area contributed by atoms with Gasteiger partial charge in [-0.25, -0.2) is 0 Å². The van der Waals surface area contributed by atoms with Gasteiger partial charge in [-0.2, -0.15) is 0 Å². The summed E-state index contributed by atoms with van der Waals surface area (Å²) in [4.78, 5) is 29.5. The first-order valence-electron chi connectivity index (χ1n) is 9.50. The number of carbonyl (C=O) groups excluding carboxylic acids is 2. The molecule has 1 atom stereocenters. The zero-order chi connectivity index (χ0) is 18.7. The van der Waals surface area contributed by atoms with Crippen molar-refractivity contribution in [1.29, 1.82) is 0 Å². The van der Waals surface area contributed by atoms with Crippen molar-refractivity contribution in [2.75, 3.05) is 32.8 Å². The molecule has 0 radical (unpaired) electrons. The van der Waals surface area contributed by atoms with Gasteiger partial charge in [0, 0.05) is 38.6 Å². The Morgan fingerprint density at radius 2 is 2.04 bits per heavy atom. The van der Waals surface area contributed by atoms with Crippen LogP contribution in [0.25, 0.3) is 0 Å². The molecule has 2 aliphatic heterocycles. The molecule has 2 aliphatic rings. The topological polar surface area (TPSA) is 61.9 Å². The van der Waals surface area contributed by atoms with Crippen molar-refractivity contribution >= 4 is 11.8 Å². The summed E-state index contributed by atoms with van der Waals surface area (Å²) in [6.45, 7) is 9.48. The lowest BCUT2D eigenvalue weighted by Gasteiger charge is -2.35. The van der Waals surface area contributed by atoms with E-state index in [1.54, 1.807) is 0 Å². The van der Waals surface area contributed by atoms with E-state index < -0.39 is 0 Å². The van der Waals surface area contributed by atoms with E-state index in [0.717, 1.165) is 19.5 Å². The molecule has 6 heteroatoms. The van der Waals surface area contributed by atoms with E-state index in [0.29, 0.717) is 43.5 Å². The summed E-state index contributed by atoms with van der Waals surface area (Å²) in [5, 5.41) is 3.21. The Labute approximate surface area is 155 Å². The summed E-state index contributed by atoms with van der Waals surface area (Å²) in [5.74, 6) is 0.673. The lowest BCUT2D eigenvalue weighted by Crippen LogP contribution is -2.55. The van der Waals surface area contributed by atoms with E-state index in [2.05, 4.69) is 24.1 Å². The average Bonchev–Trinajstić information content (AvgIpc) is 2.93. The van der Waals surface area contributed by atoms with Crippen molar-refractivity contribution < 1.29 is 14.3 Å². The van der Waals surface area contributed by atoms with Gasteiger partial charge in [0.05, 0.1) is 17.7 Å². The maximum atomic E-state index is 13.1. The summed E-state index contributed by atoms with van der Waals surface area (Å²) >= 11 is 0. The number of carbonyl (C=O) groups is 2. The van der Waals surface area contributed by atoms with E-state index >= 15 is 0 Å². The number of amides is 2. The summed E-state index contributed by atoms with van der Waals surface area (Å²) in [6.07, 6.45) is 1.30. The Bertz CT molecular complexity index is 676. The molecule has 2 saturated heterocycles. The number of benzene rings is 1. The van der Waals surface area contributed by atoms with E-state index in [-0.39, 0.29) is 17.4 Å². The third-order valence-electron chi connectivity index (χ3n) is 5.33. The van der Waals surface area contributed by atoms with Crippen LogP contribution in [0, 0.1) is 0 Å². The average molecular weight is 359 g/mol. The van der Waals surface area contributed by atoms with E-state index in [1.165, 1.54) is 0 Å². The molecule has 0 bridgehead atoms. The molecule has 26 heavy (non-hydrogen) atoms. The molecule has 0 saturated carbocycles. The molecule has 1 N–H and O–H groups in total. The number of rotatable bonds is 4. The van der Waals surface area contributed by atoms with Crippen LogP contribution in [-0.4, -0.2) is 66.0 Å². The van der Waals surface area contributed by atoms with Crippen molar-refractivity contribution in [3.05, 3.63) is 29.8 Å². The minimum absolute atomic E-state index is 0.0273. The SMILES string of the molecule is CCOc1ccccc1C(=O)N1CCC2(C1)CN(C(C)C)CCC(=O)N2. The van der Waals surface area contributed by atoms with Crippen LogP contribution >= 0.6 is 0 Å². The van der Waals surface area contributed by atoms with Crippen LogP contribution in [0.4, 0.5) is 0 Å². The Hall–Kier alpha value is -2.08. The molecule has 1 aromatic rings. The number of hydrogen-bond acceptors (Lipinski definition) is 4. The van der Waals surface area contributed by atoms with Crippen molar-refractivity contribution in [2.45, 2.75) is 45.2 Å². The van der Waals surface area contributed by atoms with Gasteiger partial charge in [-0.1, -0.05) is 12.1 Å². The fraction of sp³-hybridized carbons (Fsp3) is 0.600. The summed E-state index contributed by atoms with van der Waals surface area (Å²) in [6, 6.07) is 7.75. The maximum absolute atomic E-state index is 13.1. The Morgan fingerprint density at radius 3 is 2.77 bits per heavy atom. The standard InChI is InChI=1S/C20H29N3O3/c1-4-26-17-8-6-5-7-16(17)19(25)23-12-10-20(14-23)13-22(15(2)3)11-9-18(24)21-20/h5-8,15H,4,9-14H2,1-3H3,(H,21,24). The molecule has 1 spiro atoms. The number of hydrogen-bond donors (Lipinski definition) is 1. The molecule has 3 rings (SSSR count). The molecule has 0 aromatic heterocycles. The van der Waals surface area contributed by atoms with Crippen LogP contribution < -0.4 is 10.1 Å². The van der Waals surface area contributed by atoms with Crippen molar-refractivity contribution in [3.63, 3.8) is 0 Å². The van der Waals surface area contributed by atoms with Gasteiger partial charge in [-0.15, -0.1) is 0 Å². The van der Waals surface area contributed by atoms with Gasteiger partial charge in [0.1, 0.15) is 5.75 Å². The summed E-state index contributed by atoms with van der Waals surface area (Å²) in [5.41, 5.74) is 0.237. The van der Waals surface area contributed by atoms with Crippen LogP contribution in [0.1, 0.15) is 44.0 Å². The monoisotopic (exact) mass is 359 g/mol. The van der Waals surface area contributed by atoms with Gasteiger partial charge >= 0.3 is 0 Å². The van der Waals surface area contributed by atoms with Gasteiger partial charge in [-0.3, -0.25) is 14.5 Å². The van der Waals surface area contributed by atoms with Gasteiger partial charge in [0.25, 0.3) is 5.91 Å². The lowest BCUT2D eigenvalue weighted by atomic mass is 9.97. The van der Waals surface area contributed by atoms with Crippen LogP contribution in [0.2, 0.25) is 0 Å². The molecular weight excluding hydrogens is 330 g/mol. The summed E-state index contributed by atoms with van der Waals surface area (Å²) < 4.78 is 5.61. The van der Waals surface area contributed by atoms with E-state index in [4.69, 9.17) is 4.74 Å². The highest BCUT2D eigenvalue weighted by molar-refractivity contribution is 5.97. The van der Waals surface area contributed by atoms with Gasteiger partial charge in [0.2, 0.25) is 5.91 Å². The van der Waals surface area contributed by atoms with E-state index in [1.807, 2.05) is 36.1 Å². The molecule has 2 heterocycles. The second kappa shape index (κ2) is 7.66. The molecule has 0 aliphatic carbocycles. The fourth-order valence-corrected chi connectivity index (χ4v) is 3.92. The number of nitrogens with zero attached hydrogens (tertiary/aromatic N) is 2. The third kappa shape index (κ3) is 3.85. The largest absolute Gasteiger partial charge is 0.493 e. The number of para-hydroxylation sites is 1. The zero-order valence-electron chi connectivity index (χ0n) is 16.0. The third-order valence-corrected chi connectivity index (χ3v) is 5.33.